The van der Waals surface area contributed by atoms with Crippen molar-refractivity contribution in [1.29, 1.82) is 0 Å². The molecule has 10 nitrogen and oxygen atoms in total. The van der Waals surface area contributed by atoms with Crippen LogP contribution in [0.1, 0.15) is 37.3 Å². The van der Waals surface area contributed by atoms with E-state index in [4.69, 9.17) is 10.5 Å². The maximum Gasteiger partial charge on any atom is 0.408 e. The van der Waals surface area contributed by atoms with Gasteiger partial charge in [0.1, 0.15) is 6.61 Å². The Bertz CT molecular complexity index is 1420. The van der Waals surface area contributed by atoms with Gasteiger partial charge in [0.15, 0.2) is 5.78 Å². The number of ketones is 1. The third-order valence-electron chi connectivity index (χ3n) is 6.89. The number of ether oxygens (including phenoxy) is 1. The number of benzene rings is 3. The molecule has 0 aromatic heterocycles. The average Bonchev–Trinajstić information content (AvgIpc) is 3.00. The topological polar surface area (TPSA) is 156 Å². The summed E-state index contributed by atoms with van der Waals surface area (Å²) in [5.74, 6) is -2.08. The zero-order valence-electron chi connectivity index (χ0n) is 24.2. The van der Waals surface area contributed by atoms with Gasteiger partial charge in [-0.05, 0) is 42.0 Å². The number of hydrogen-bond acceptors (Lipinski definition) is 7. The Labute approximate surface area is 252 Å². The van der Waals surface area contributed by atoms with Crippen LogP contribution in [-0.2, 0) is 37.4 Å². The Morgan fingerprint density at radius 2 is 1.44 bits per heavy atom. The number of amides is 2. The monoisotopic (exact) mass is 609 g/mol. The first-order valence-electron chi connectivity index (χ1n) is 14.2. The van der Waals surface area contributed by atoms with Crippen molar-refractivity contribution in [1.82, 2.24) is 9.62 Å². The van der Waals surface area contributed by atoms with E-state index in [1.165, 1.54) is 16.4 Å². The van der Waals surface area contributed by atoms with Gasteiger partial charge in [0.2, 0.25) is 15.9 Å². The lowest BCUT2D eigenvalue weighted by Gasteiger charge is -2.29. The highest BCUT2D eigenvalue weighted by Gasteiger charge is 2.33. The quantitative estimate of drug-likeness (QED) is 0.212. The summed E-state index contributed by atoms with van der Waals surface area (Å²) in [5.41, 5.74) is 6.95. The van der Waals surface area contributed by atoms with Crippen molar-refractivity contribution in [3.63, 3.8) is 0 Å². The molecule has 11 heteroatoms. The minimum Gasteiger partial charge on any atom is -0.445 e. The minimum absolute atomic E-state index is 0.0390. The zero-order chi connectivity index (χ0) is 31.2. The summed E-state index contributed by atoms with van der Waals surface area (Å²) in [5, 5.41) is 13.9. The van der Waals surface area contributed by atoms with Crippen LogP contribution in [-0.4, -0.2) is 60.8 Å². The lowest BCUT2D eigenvalue weighted by atomic mass is 9.87. The van der Waals surface area contributed by atoms with Crippen molar-refractivity contribution in [3.8, 4) is 0 Å². The number of carbonyl (C=O) groups excluding carboxylic acids is 3. The van der Waals surface area contributed by atoms with Gasteiger partial charge in [-0.25, -0.2) is 13.2 Å². The molecule has 43 heavy (non-hydrogen) atoms. The second-order valence-electron chi connectivity index (χ2n) is 10.3. The Hall–Kier alpha value is -4.06. The Kier molecular flexibility index (Phi) is 12.9. The van der Waals surface area contributed by atoms with Gasteiger partial charge < -0.3 is 20.9 Å². The SMILES string of the molecule is CCCN(C[C@@H](O)[C@@H](CC(=O)[C@H](CC(N)=O)NC(=O)OCc1ccccc1)Cc1ccccc1)S(=O)(=O)c1ccccc1. The van der Waals surface area contributed by atoms with Gasteiger partial charge >= 0.3 is 6.09 Å². The van der Waals surface area contributed by atoms with E-state index in [1.54, 1.807) is 42.5 Å². The van der Waals surface area contributed by atoms with E-state index in [0.717, 1.165) is 11.1 Å². The first-order chi connectivity index (χ1) is 20.6. The van der Waals surface area contributed by atoms with E-state index < -0.39 is 52.3 Å². The van der Waals surface area contributed by atoms with Crippen LogP contribution in [0.2, 0.25) is 0 Å². The number of primary amides is 1. The highest BCUT2D eigenvalue weighted by Crippen LogP contribution is 2.23. The fraction of sp³-hybridized carbons (Fsp3) is 0.344. The van der Waals surface area contributed by atoms with Crippen LogP contribution in [0.4, 0.5) is 4.79 Å². The van der Waals surface area contributed by atoms with Crippen molar-refractivity contribution in [2.45, 2.75) is 56.3 Å². The van der Waals surface area contributed by atoms with E-state index in [1.807, 2.05) is 43.3 Å². The predicted octanol–water partition coefficient (Wildman–Crippen LogP) is 3.44. The van der Waals surface area contributed by atoms with Gasteiger partial charge in [-0.2, -0.15) is 4.31 Å². The molecule has 0 saturated heterocycles. The maximum absolute atomic E-state index is 13.5. The number of hydrogen-bond donors (Lipinski definition) is 3. The molecule has 0 aliphatic rings. The number of alkyl carbamates (subject to hydrolysis) is 1. The lowest BCUT2D eigenvalue weighted by Crippen LogP contribution is -2.46. The second-order valence-corrected chi connectivity index (χ2v) is 12.2. The van der Waals surface area contributed by atoms with Gasteiger partial charge in [-0.3, -0.25) is 9.59 Å². The van der Waals surface area contributed by atoms with Crippen molar-refractivity contribution in [3.05, 3.63) is 102 Å². The molecule has 0 saturated carbocycles. The molecule has 3 rings (SSSR count). The van der Waals surface area contributed by atoms with E-state index in [-0.39, 0.29) is 37.4 Å². The van der Waals surface area contributed by atoms with Crippen molar-refractivity contribution >= 4 is 27.8 Å². The molecule has 0 bridgehead atoms. The van der Waals surface area contributed by atoms with Crippen LogP contribution in [0.3, 0.4) is 0 Å². The fourth-order valence-electron chi connectivity index (χ4n) is 4.67. The average molecular weight is 610 g/mol. The molecule has 4 N–H and O–H groups in total. The molecule has 3 aromatic rings. The highest BCUT2D eigenvalue weighted by atomic mass is 32.2. The summed E-state index contributed by atoms with van der Waals surface area (Å²) < 4.78 is 33.3. The Morgan fingerprint density at radius 3 is 2.00 bits per heavy atom. The number of rotatable bonds is 17. The van der Waals surface area contributed by atoms with Crippen LogP contribution in [0.5, 0.6) is 0 Å². The smallest absolute Gasteiger partial charge is 0.408 e. The second kappa shape index (κ2) is 16.5. The largest absolute Gasteiger partial charge is 0.445 e. The van der Waals surface area contributed by atoms with Gasteiger partial charge in [-0.1, -0.05) is 85.8 Å². The van der Waals surface area contributed by atoms with E-state index in [2.05, 4.69) is 5.32 Å². The minimum atomic E-state index is -3.92. The number of nitrogens with two attached hydrogens (primary N) is 1. The lowest BCUT2D eigenvalue weighted by molar-refractivity contribution is -0.126. The molecule has 0 radical (unpaired) electrons. The summed E-state index contributed by atoms with van der Waals surface area (Å²) >= 11 is 0. The van der Waals surface area contributed by atoms with E-state index in [9.17, 15) is 27.9 Å². The zero-order valence-corrected chi connectivity index (χ0v) is 25.0. The molecule has 0 aliphatic heterocycles. The van der Waals surface area contributed by atoms with Gasteiger partial charge in [-0.15, -0.1) is 0 Å². The molecular formula is C32H39N3O7S. The first-order valence-corrected chi connectivity index (χ1v) is 15.6. The summed E-state index contributed by atoms with van der Waals surface area (Å²) in [7, 11) is -3.92. The number of Topliss-reactive ketones (excluding diaryl/α,β-unsaturated/α-hetero) is 1. The number of nitrogens with one attached hydrogen (secondary N) is 1. The standard InChI is InChI=1S/C32H39N3O7S/c1-2-18-35(43(40,41)27-16-10-5-11-17-27)22-30(37)26(19-24-12-6-3-7-13-24)20-29(36)28(21-31(33)38)34-32(39)42-23-25-14-8-4-9-15-25/h3-17,26,28,30,37H,2,18-23H2,1H3,(H2,33,38)(H,34,39)/t26-,28+,30-/m1/s1. The Morgan fingerprint density at radius 1 is 0.884 bits per heavy atom. The molecule has 0 fully saturated rings. The number of nitrogens with zero attached hydrogens (tertiary/aromatic N) is 1. The summed E-state index contributed by atoms with van der Waals surface area (Å²) in [6.07, 6.45) is -2.09. The van der Waals surface area contributed by atoms with Crippen LogP contribution in [0, 0.1) is 5.92 Å². The van der Waals surface area contributed by atoms with Crippen LogP contribution < -0.4 is 11.1 Å². The molecule has 2 amide bonds. The van der Waals surface area contributed by atoms with Crippen molar-refractivity contribution < 1.29 is 32.6 Å². The number of carbonyl (C=O) groups is 3. The molecule has 3 aromatic carbocycles. The molecule has 0 unspecified atom stereocenters. The van der Waals surface area contributed by atoms with E-state index >= 15 is 0 Å². The Balaban J connectivity index is 1.79. The molecule has 0 heterocycles. The van der Waals surface area contributed by atoms with Crippen molar-refractivity contribution in [2.24, 2.45) is 11.7 Å². The summed E-state index contributed by atoms with van der Waals surface area (Å²) in [6.45, 7) is 1.72. The molecule has 230 valence electrons. The number of sulfonamides is 1. The highest BCUT2D eigenvalue weighted by molar-refractivity contribution is 7.89. The van der Waals surface area contributed by atoms with E-state index in [0.29, 0.717) is 6.42 Å². The van der Waals surface area contributed by atoms with Gasteiger partial charge in [0.25, 0.3) is 0 Å². The van der Waals surface area contributed by atoms with Crippen LogP contribution in [0.25, 0.3) is 0 Å². The third-order valence-corrected chi connectivity index (χ3v) is 8.77. The molecule has 0 aliphatic carbocycles. The maximum atomic E-state index is 13.5. The summed E-state index contributed by atoms with van der Waals surface area (Å²) in [6, 6.07) is 24.8. The molecular weight excluding hydrogens is 570 g/mol. The first kappa shape index (κ1) is 33.4. The van der Waals surface area contributed by atoms with Gasteiger partial charge in [0, 0.05) is 19.5 Å². The number of aliphatic hydroxyl groups is 1. The normalized spacial score (nSPS) is 13.6. The fourth-order valence-corrected chi connectivity index (χ4v) is 6.24. The predicted molar refractivity (Wildman–Crippen MR) is 162 cm³/mol. The molecule has 3 atom stereocenters. The summed E-state index contributed by atoms with van der Waals surface area (Å²) in [4.78, 5) is 37.9. The van der Waals surface area contributed by atoms with Crippen molar-refractivity contribution in [2.75, 3.05) is 13.1 Å². The number of aliphatic hydroxyl groups excluding tert-OH is 1. The van der Waals surface area contributed by atoms with Crippen LogP contribution in [0.15, 0.2) is 95.9 Å². The molecule has 0 spiro atoms. The third kappa shape index (κ3) is 10.6. The van der Waals surface area contributed by atoms with Gasteiger partial charge in [0.05, 0.1) is 23.5 Å². The van der Waals surface area contributed by atoms with Crippen LogP contribution >= 0.6 is 0 Å².